The monoisotopic (exact) mass is 252 g/mol. The molecule has 4 nitrogen and oxygen atoms in total. The van der Waals surface area contributed by atoms with Crippen molar-refractivity contribution in [1.82, 2.24) is 14.3 Å². The summed E-state index contributed by atoms with van der Waals surface area (Å²) in [6.45, 7) is 9.15. The molecule has 5 heteroatoms. The minimum Gasteiger partial charge on any atom is -0.357 e. The van der Waals surface area contributed by atoms with Crippen LogP contribution in [0.15, 0.2) is 12.7 Å². The maximum Gasteiger partial charge on any atom is 0.202 e. The third-order valence-corrected chi connectivity index (χ3v) is 3.77. The molecule has 94 valence electrons. The molecule has 0 atom stereocenters. The van der Waals surface area contributed by atoms with Crippen LogP contribution in [0.3, 0.4) is 0 Å². The lowest BCUT2D eigenvalue weighted by atomic mass is 10.1. The molecule has 1 N–H and O–H groups in total. The highest BCUT2D eigenvalue weighted by molar-refractivity contribution is 7.09. The Bertz CT molecular complexity index is 355. The van der Waals surface area contributed by atoms with Crippen molar-refractivity contribution in [1.29, 1.82) is 0 Å². The zero-order valence-corrected chi connectivity index (χ0v) is 11.2. The summed E-state index contributed by atoms with van der Waals surface area (Å²) in [6.07, 6.45) is 5.24. The highest BCUT2D eigenvalue weighted by atomic mass is 32.1. The van der Waals surface area contributed by atoms with Gasteiger partial charge in [0.25, 0.3) is 0 Å². The quantitative estimate of drug-likeness (QED) is 0.815. The van der Waals surface area contributed by atoms with Gasteiger partial charge < -0.3 is 5.32 Å². The average Bonchev–Trinajstić information content (AvgIpc) is 2.80. The molecule has 0 aliphatic carbocycles. The van der Waals surface area contributed by atoms with Crippen LogP contribution in [0.1, 0.15) is 25.6 Å². The van der Waals surface area contributed by atoms with Crippen molar-refractivity contribution in [2.45, 2.75) is 32.2 Å². The maximum absolute atomic E-state index is 4.44. The van der Waals surface area contributed by atoms with E-state index in [4.69, 9.17) is 0 Å². The van der Waals surface area contributed by atoms with E-state index in [2.05, 4.69) is 33.1 Å². The number of hydrogen-bond donors (Lipinski definition) is 1. The Balaban J connectivity index is 1.79. The van der Waals surface area contributed by atoms with Crippen LogP contribution in [-0.4, -0.2) is 39.9 Å². The fraction of sp³-hybridized carbons (Fsp3) is 0.667. The molecule has 17 heavy (non-hydrogen) atoms. The van der Waals surface area contributed by atoms with E-state index >= 15 is 0 Å². The summed E-state index contributed by atoms with van der Waals surface area (Å²) >= 11 is 1.48. The summed E-state index contributed by atoms with van der Waals surface area (Å²) in [5.41, 5.74) is 0. The van der Waals surface area contributed by atoms with Crippen LogP contribution in [-0.2, 0) is 6.42 Å². The number of nitrogens with one attached hydrogen (secondary N) is 1. The van der Waals surface area contributed by atoms with Crippen LogP contribution < -0.4 is 5.32 Å². The topological polar surface area (TPSA) is 41.0 Å². The summed E-state index contributed by atoms with van der Waals surface area (Å²) in [6, 6.07) is 0.550. The van der Waals surface area contributed by atoms with E-state index in [0.29, 0.717) is 6.04 Å². The van der Waals surface area contributed by atoms with E-state index in [1.807, 2.05) is 6.08 Å². The first-order chi connectivity index (χ1) is 8.31. The van der Waals surface area contributed by atoms with Gasteiger partial charge in [-0.2, -0.15) is 4.37 Å². The van der Waals surface area contributed by atoms with Crippen molar-refractivity contribution in [2.75, 3.05) is 25.0 Å². The number of likely N-dealkylation sites (tertiary alicyclic amines) is 1. The molecule has 2 heterocycles. The molecule has 2 rings (SSSR count). The molecule has 0 saturated carbocycles. The second-order valence-electron chi connectivity index (χ2n) is 4.38. The first-order valence-electron chi connectivity index (χ1n) is 6.24. The average molecular weight is 252 g/mol. The molecule has 1 saturated heterocycles. The lowest BCUT2D eigenvalue weighted by molar-refractivity contribution is 0.240. The van der Waals surface area contributed by atoms with E-state index in [1.165, 1.54) is 24.4 Å². The number of aryl methyl sites for hydroxylation is 1. The van der Waals surface area contributed by atoms with Crippen molar-refractivity contribution >= 4 is 16.7 Å². The molecule has 0 unspecified atom stereocenters. The van der Waals surface area contributed by atoms with Gasteiger partial charge >= 0.3 is 0 Å². The Hall–Kier alpha value is -0.940. The van der Waals surface area contributed by atoms with Gasteiger partial charge in [-0.15, -0.1) is 6.58 Å². The zero-order chi connectivity index (χ0) is 12.1. The fourth-order valence-corrected chi connectivity index (χ4v) is 2.80. The summed E-state index contributed by atoms with van der Waals surface area (Å²) in [5.74, 6) is 0.946. The molecule has 1 aromatic rings. The smallest absolute Gasteiger partial charge is 0.202 e. The minimum absolute atomic E-state index is 0.550. The van der Waals surface area contributed by atoms with Crippen LogP contribution >= 0.6 is 11.5 Å². The largest absolute Gasteiger partial charge is 0.357 e. The summed E-state index contributed by atoms with van der Waals surface area (Å²) in [4.78, 5) is 6.88. The van der Waals surface area contributed by atoms with Crippen LogP contribution in [0.4, 0.5) is 5.13 Å². The zero-order valence-electron chi connectivity index (χ0n) is 10.4. The number of rotatable bonds is 5. The minimum atomic E-state index is 0.550. The van der Waals surface area contributed by atoms with Crippen molar-refractivity contribution < 1.29 is 0 Å². The molecule has 1 aliphatic rings. The predicted octanol–water partition coefficient (Wildman–Crippen LogP) is 2.16. The molecule has 1 aromatic heterocycles. The fourth-order valence-electron chi connectivity index (χ4n) is 2.07. The molecular weight excluding hydrogens is 232 g/mol. The molecule has 1 aliphatic heterocycles. The van der Waals surface area contributed by atoms with Gasteiger partial charge in [0.15, 0.2) is 0 Å². The lowest BCUT2D eigenvalue weighted by Crippen LogP contribution is -2.39. The van der Waals surface area contributed by atoms with Crippen molar-refractivity contribution in [3.63, 3.8) is 0 Å². The first-order valence-corrected chi connectivity index (χ1v) is 7.01. The van der Waals surface area contributed by atoms with Gasteiger partial charge in [-0.3, -0.25) is 4.90 Å². The molecule has 0 bridgehead atoms. The van der Waals surface area contributed by atoms with Gasteiger partial charge in [-0.25, -0.2) is 4.98 Å². The first kappa shape index (κ1) is 12.5. The van der Waals surface area contributed by atoms with Gasteiger partial charge in [0.2, 0.25) is 5.13 Å². The molecule has 1 fully saturated rings. The van der Waals surface area contributed by atoms with Crippen LogP contribution in [0.2, 0.25) is 0 Å². The van der Waals surface area contributed by atoms with Gasteiger partial charge in [-0.1, -0.05) is 13.0 Å². The van der Waals surface area contributed by atoms with Crippen LogP contribution in [0.25, 0.3) is 0 Å². The van der Waals surface area contributed by atoms with Crippen molar-refractivity contribution in [2.24, 2.45) is 0 Å². The van der Waals surface area contributed by atoms with Gasteiger partial charge in [0.1, 0.15) is 5.82 Å². The maximum atomic E-state index is 4.44. The normalized spacial score (nSPS) is 18.2. The second-order valence-corrected chi connectivity index (χ2v) is 5.13. The van der Waals surface area contributed by atoms with Crippen LogP contribution in [0.5, 0.6) is 0 Å². The highest BCUT2D eigenvalue weighted by Crippen LogP contribution is 2.18. The van der Waals surface area contributed by atoms with E-state index in [0.717, 1.165) is 37.0 Å². The highest BCUT2D eigenvalue weighted by Gasteiger charge is 2.19. The van der Waals surface area contributed by atoms with Gasteiger partial charge in [0.05, 0.1) is 0 Å². The van der Waals surface area contributed by atoms with E-state index in [1.54, 1.807) is 0 Å². The number of hydrogen-bond acceptors (Lipinski definition) is 5. The van der Waals surface area contributed by atoms with Crippen molar-refractivity contribution in [3.05, 3.63) is 18.5 Å². The standard InChI is InChI=1S/C12H20N4S/c1-3-7-16-8-5-10(6-9-16)13-12-14-11(4-2)15-17-12/h3,10H,1,4-9H2,2H3,(H,13,14,15). The number of nitrogens with zero attached hydrogens (tertiary/aromatic N) is 3. The third kappa shape index (κ3) is 3.51. The summed E-state index contributed by atoms with van der Waals surface area (Å²) in [7, 11) is 0. The summed E-state index contributed by atoms with van der Waals surface area (Å²) < 4.78 is 4.29. The summed E-state index contributed by atoms with van der Waals surface area (Å²) in [5, 5.41) is 4.47. The van der Waals surface area contributed by atoms with E-state index in [9.17, 15) is 0 Å². The molecular formula is C12H20N4S. The Morgan fingerprint density at radius 1 is 1.53 bits per heavy atom. The lowest BCUT2D eigenvalue weighted by Gasteiger charge is -2.31. The molecule has 0 spiro atoms. The molecule has 0 radical (unpaired) electrons. The second kappa shape index (κ2) is 6.12. The SMILES string of the molecule is C=CCN1CCC(Nc2nc(CC)ns2)CC1. The van der Waals surface area contributed by atoms with E-state index in [-0.39, 0.29) is 0 Å². The van der Waals surface area contributed by atoms with Gasteiger partial charge in [-0.05, 0) is 12.8 Å². The predicted molar refractivity (Wildman–Crippen MR) is 72.6 cm³/mol. The van der Waals surface area contributed by atoms with Gasteiger partial charge in [0, 0.05) is 43.6 Å². The Morgan fingerprint density at radius 2 is 2.29 bits per heavy atom. The third-order valence-electron chi connectivity index (χ3n) is 3.09. The van der Waals surface area contributed by atoms with Crippen LogP contribution in [0, 0.1) is 0 Å². The number of aromatic nitrogens is 2. The number of piperidine rings is 1. The Labute approximate surface area is 107 Å². The van der Waals surface area contributed by atoms with E-state index < -0.39 is 0 Å². The number of anilines is 1. The molecule has 0 amide bonds. The molecule has 0 aromatic carbocycles. The Kier molecular flexibility index (Phi) is 4.50. The Morgan fingerprint density at radius 3 is 2.88 bits per heavy atom. The van der Waals surface area contributed by atoms with Crippen molar-refractivity contribution in [3.8, 4) is 0 Å².